The molecule has 2 unspecified atom stereocenters. The van der Waals surface area contributed by atoms with Gasteiger partial charge in [-0.25, -0.2) is 4.99 Å². The van der Waals surface area contributed by atoms with Crippen molar-refractivity contribution in [1.82, 2.24) is 25.3 Å². The number of rotatable bonds is 9. The Kier molecular flexibility index (Phi) is 10.9. The summed E-state index contributed by atoms with van der Waals surface area (Å²) in [6.45, 7) is 7.63. The molecule has 1 aromatic heterocycles. The molecule has 0 aliphatic carbocycles. The van der Waals surface area contributed by atoms with Crippen LogP contribution in [0.5, 0.6) is 5.75 Å². The fourth-order valence-corrected chi connectivity index (χ4v) is 4.17. The van der Waals surface area contributed by atoms with Crippen molar-refractivity contribution in [1.29, 1.82) is 0 Å². The second-order valence-corrected chi connectivity index (χ2v) is 8.61. The predicted molar refractivity (Wildman–Crippen MR) is 143 cm³/mol. The predicted octanol–water partition coefficient (Wildman–Crippen LogP) is 3.04. The number of aryl methyl sites for hydroxylation is 1. The SMILES string of the molecule is CCNC(=NCC(C)(O)c1cnn(C)c1)NCC(c1ccccc1OC)N1CCCCC1.I. The first-order valence-corrected chi connectivity index (χ1v) is 11.5. The summed E-state index contributed by atoms with van der Waals surface area (Å²) in [5.74, 6) is 1.60. The van der Waals surface area contributed by atoms with E-state index in [4.69, 9.17) is 4.74 Å². The van der Waals surface area contributed by atoms with Gasteiger partial charge >= 0.3 is 0 Å². The lowest BCUT2D eigenvalue weighted by molar-refractivity contribution is 0.0671. The molecule has 3 N–H and O–H groups in total. The highest BCUT2D eigenvalue weighted by Crippen LogP contribution is 2.31. The van der Waals surface area contributed by atoms with Crippen LogP contribution in [0.4, 0.5) is 0 Å². The molecule has 1 fully saturated rings. The average molecular weight is 571 g/mol. The van der Waals surface area contributed by atoms with Crippen molar-refractivity contribution in [3.05, 3.63) is 47.8 Å². The van der Waals surface area contributed by atoms with Crippen molar-refractivity contribution < 1.29 is 9.84 Å². The Morgan fingerprint density at radius 2 is 1.97 bits per heavy atom. The lowest BCUT2D eigenvalue weighted by atomic mass is 10.00. The van der Waals surface area contributed by atoms with E-state index < -0.39 is 5.60 Å². The number of hydrogen-bond acceptors (Lipinski definition) is 5. The molecule has 0 amide bonds. The van der Waals surface area contributed by atoms with E-state index in [2.05, 4.69) is 37.8 Å². The molecule has 8 nitrogen and oxygen atoms in total. The Labute approximate surface area is 214 Å². The molecule has 33 heavy (non-hydrogen) atoms. The third-order valence-corrected chi connectivity index (χ3v) is 6.01. The quantitative estimate of drug-likeness (QED) is 0.244. The van der Waals surface area contributed by atoms with Crippen molar-refractivity contribution >= 4 is 29.9 Å². The number of nitrogens with zero attached hydrogens (tertiary/aromatic N) is 4. The van der Waals surface area contributed by atoms with Gasteiger partial charge in [0.05, 0.1) is 25.9 Å². The van der Waals surface area contributed by atoms with Gasteiger partial charge < -0.3 is 20.5 Å². The molecule has 1 aliphatic heterocycles. The number of aliphatic imine (C=N–C) groups is 1. The lowest BCUT2D eigenvalue weighted by Gasteiger charge is -2.36. The second kappa shape index (κ2) is 13.1. The summed E-state index contributed by atoms with van der Waals surface area (Å²) in [7, 11) is 3.57. The molecule has 1 aromatic carbocycles. The Hall–Kier alpha value is -1.85. The van der Waals surface area contributed by atoms with E-state index in [-0.39, 0.29) is 36.6 Å². The molecule has 184 valence electrons. The van der Waals surface area contributed by atoms with Crippen molar-refractivity contribution in [2.75, 3.05) is 39.8 Å². The normalized spacial score (nSPS) is 17.5. The van der Waals surface area contributed by atoms with Crippen LogP contribution < -0.4 is 15.4 Å². The number of guanidine groups is 1. The van der Waals surface area contributed by atoms with E-state index >= 15 is 0 Å². The van der Waals surface area contributed by atoms with Crippen LogP contribution in [0.15, 0.2) is 41.7 Å². The third kappa shape index (κ3) is 7.58. The molecule has 2 atom stereocenters. The number of methoxy groups -OCH3 is 1. The smallest absolute Gasteiger partial charge is 0.191 e. The molecule has 0 spiro atoms. The number of benzene rings is 1. The average Bonchev–Trinajstić information content (AvgIpc) is 3.26. The van der Waals surface area contributed by atoms with Crippen LogP contribution >= 0.6 is 24.0 Å². The monoisotopic (exact) mass is 570 g/mol. The van der Waals surface area contributed by atoms with E-state index in [1.54, 1.807) is 24.9 Å². The van der Waals surface area contributed by atoms with Crippen LogP contribution in [-0.4, -0.2) is 65.6 Å². The number of piperidine rings is 1. The number of para-hydroxylation sites is 1. The summed E-state index contributed by atoms with van der Waals surface area (Å²) < 4.78 is 7.36. The maximum absolute atomic E-state index is 10.9. The maximum atomic E-state index is 10.9. The fourth-order valence-electron chi connectivity index (χ4n) is 4.17. The topological polar surface area (TPSA) is 86.9 Å². The van der Waals surface area contributed by atoms with Crippen LogP contribution in [0.3, 0.4) is 0 Å². The van der Waals surface area contributed by atoms with Crippen LogP contribution in [0.1, 0.15) is 50.3 Å². The van der Waals surface area contributed by atoms with E-state index in [0.29, 0.717) is 12.5 Å². The highest BCUT2D eigenvalue weighted by molar-refractivity contribution is 14.0. The summed E-state index contributed by atoms with van der Waals surface area (Å²) in [6, 6.07) is 8.43. The molecule has 0 saturated carbocycles. The maximum Gasteiger partial charge on any atom is 0.191 e. The van der Waals surface area contributed by atoms with Crippen molar-refractivity contribution in [3.63, 3.8) is 0 Å². The zero-order chi connectivity index (χ0) is 23.0. The summed E-state index contributed by atoms with van der Waals surface area (Å²) >= 11 is 0. The van der Waals surface area contributed by atoms with E-state index in [9.17, 15) is 5.11 Å². The standard InChI is InChI=1S/C24H38N6O2.HI/c1-5-25-23(27-18-24(2,31)19-15-28-29(3)17-19)26-16-21(30-13-9-6-10-14-30)20-11-7-8-12-22(20)32-4;/h7-8,11-12,15,17,21,31H,5-6,9-10,13-14,16,18H2,1-4H3,(H2,25,26,27);1H. The van der Waals surface area contributed by atoms with Gasteiger partial charge in [0.1, 0.15) is 11.4 Å². The van der Waals surface area contributed by atoms with Crippen LogP contribution in [0, 0.1) is 0 Å². The number of aromatic nitrogens is 2. The van der Waals surface area contributed by atoms with Gasteiger partial charge in [0.15, 0.2) is 5.96 Å². The molecule has 0 bridgehead atoms. The van der Waals surface area contributed by atoms with E-state index in [0.717, 1.165) is 30.9 Å². The van der Waals surface area contributed by atoms with Crippen molar-refractivity contribution in [2.24, 2.45) is 12.0 Å². The van der Waals surface area contributed by atoms with Gasteiger partial charge in [-0.3, -0.25) is 9.58 Å². The first-order valence-electron chi connectivity index (χ1n) is 11.5. The minimum absolute atomic E-state index is 0. The van der Waals surface area contributed by atoms with E-state index in [1.165, 1.54) is 24.8 Å². The van der Waals surface area contributed by atoms with Gasteiger partial charge in [-0.15, -0.1) is 24.0 Å². The third-order valence-electron chi connectivity index (χ3n) is 6.01. The molecule has 2 heterocycles. The lowest BCUT2D eigenvalue weighted by Crippen LogP contribution is -2.45. The summed E-state index contributed by atoms with van der Waals surface area (Å²) in [6.07, 6.45) is 7.23. The minimum Gasteiger partial charge on any atom is -0.496 e. The fraction of sp³-hybridized carbons (Fsp3) is 0.583. The Balaban J connectivity index is 0.00000385. The molecular weight excluding hydrogens is 531 g/mol. The van der Waals surface area contributed by atoms with Crippen LogP contribution in [0.25, 0.3) is 0 Å². The number of aliphatic hydroxyl groups is 1. The number of halogens is 1. The van der Waals surface area contributed by atoms with E-state index in [1.807, 2.05) is 32.3 Å². The van der Waals surface area contributed by atoms with Gasteiger partial charge in [0.2, 0.25) is 0 Å². The van der Waals surface area contributed by atoms with Crippen LogP contribution in [-0.2, 0) is 12.6 Å². The van der Waals surface area contributed by atoms with Crippen molar-refractivity contribution in [3.8, 4) is 5.75 Å². The van der Waals surface area contributed by atoms with Gasteiger partial charge in [-0.1, -0.05) is 24.6 Å². The Bertz CT molecular complexity index is 879. The summed E-state index contributed by atoms with van der Waals surface area (Å²) in [4.78, 5) is 7.21. The van der Waals surface area contributed by atoms with Crippen LogP contribution in [0.2, 0.25) is 0 Å². The molecule has 1 saturated heterocycles. The number of nitrogens with one attached hydrogen (secondary N) is 2. The number of hydrogen-bond donors (Lipinski definition) is 3. The summed E-state index contributed by atoms with van der Waals surface area (Å²) in [5.41, 5.74) is 0.841. The molecule has 0 radical (unpaired) electrons. The molecule has 2 aromatic rings. The highest BCUT2D eigenvalue weighted by atomic mass is 127. The van der Waals surface area contributed by atoms with Gasteiger partial charge in [-0.2, -0.15) is 5.10 Å². The molecule has 3 rings (SSSR count). The first-order chi connectivity index (χ1) is 15.4. The van der Waals surface area contributed by atoms with Crippen molar-refractivity contribution in [2.45, 2.75) is 44.8 Å². The molecular formula is C24H39IN6O2. The van der Waals surface area contributed by atoms with Gasteiger partial charge in [-0.05, 0) is 45.8 Å². The van der Waals surface area contributed by atoms with Gasteiger partial charge in [0, 0.05) is 37.5 Å². The first kappa shape index (κ1) is 27.4. The highest BCUT2D eigenvalue weighted by Gasteiger charge is 2.26. The zero-order valence-electron chi connectivity index (χ0n) is 20.3. The zero-order valence-corrected chi connectivity index (χ0v) is 22.6. The molecule has 1 aliphatic rings. The van der Waals surface area contributed by atoms with Gasteiger partial charge in [0.25, 0.3) is 0 Å². The number of likely N-dealkylation sites (tertiary alicyclic amines) is 1. The largest absolute Gasteiger partial charge is 0.496 e. The molecule has 9 heteroatoms. The second-order valence-electron chi connectivity index (χ2n) is 8.61. The minimum atomic E-state index is -1.09. The number of ether oxygens (including phenoxy) is 1. The Morgan fingerprint density at radius 1 is 1.24 bits per heavy atom. The summed E-state index contributed by atoms with van der Waals surface area (Å²) in [5, 5.41) is 21.9. The Morgan fingerprint density at radius 3 is 2.61 bits per heavy atom.